The van der Waals surface area contributed by atoms with Crippen molar-refractivity contribution in [3.8, 4) is 0 Å². The third-order valence-corrected chi connectivity index (χ3v) is 4.33. The zero-order valence-electron chi connectivity index (χ0n) is 12.4. The first kappa shape index (κ1) is 14.2. The molecule has 19 heavy (non-hydrogen) atoms. The quantitative estimate of drug-likeness (QED) is 0.687. The van der Waals surface area contributed by atoms with Gasteiger partial charge in [0.25, 0.3) is 0 Å². The van der Waals surface area contributed by atoms with Crippen LogP contribution in [0.2, 0.25) is 0 Å². The van der Waals surface area contributed by atoms with Crippen LogP contribution in [0.4, 0.5) is 5.69 Å². The van der Waals surface area contributed by atoms with Gasteiger partial charge in [0.05, 0.1) is 0 Å². The molecule has 0 unspecified atom stereocenters. The zero-order chi connectivity index (χ0) is 13.7. The van der Waals surface area contributed by atoms with Gasteiger partial charge in [-0.3, -0.25) is 0 Å². The third-order valence-electron chi connectivity index (χ3n) is 4.33. The van der Waals surface area contributed by atoms with Crippen LogP contribution < -0.4 is 5.32 Å². The van der Waals surface area contributed by atoms with Crippen molar-refractivity contribution >= 4 is 5.69 Å². The Bertz CT molecular complexity index is 413. The molecule has 0 heterocycles. The van der Waals surface area contributed by atoms with Crippen LogP contribution in [0.1, 0.15) is 63.9 Å². The maximum absolute atomic E-state index is 3.96. The predicted octanol–water partition coefficient (Wildman–Crippen LogP) is 5.50. The second-order valence-corrected chi connectivity index (χ2v) is 6.20. The Kier molecular flexibility index (Phi) is 4.68. The van der Waals surface area contributed by atoms with Crippen LogP contribution in [-0.2, 0) is 0 Å². The summed E-state index contributed by atoms with van der Waals surface area (Å²) < 4.78 is 0. The maximum Gasteiger partial charge on any atom is 0.0408 e. The molecule has 0 bridgehead atoms. The van der Waals surface area contributed by atoms with E-state index in [-0.39, 0.29) is 5.54 Å². The lowest BCUT2D eigenvalue weighted by molar-refractivity contribution is 0.325. The minimum Gasteiger partial charge on any atom is -0.379 e. The van der Waals surface area contributed by atoms with Crippen LogP contribution in [0, 0.1) is 0 Å². The first-order valence-corrected chi connectivity index (χ1v) is 7.65. The molecule has 0 radical (unpaired) electrons. The number of para-hydroxylation sites is 1. The number of nitrogens with one attached hydrogen (secondary N) is 1. The lowest BCUT2D eigenvalue weighted by Crippen LogP contribution is -2.40. The Hall–Kier alpha value is -1.24. The SMILES string of the molecule is C=CCC1(Nc2ccccc2C(C)C)CCCCC1. The molecule has 1 aliphatic carbocycles. The van der Waals surface area contributed by atoms with Crippen LogP contribution in [0.25, 0.3) is 0 Å². The Morgan fingerprint density at radius 1 is 1.21 bits per heavy atom. The van der Waals surface area contributed by atoms with E-state index in [1.165, 1.54) is 43.4 Å². The normalized spacial score (nSPS) is 18.3. The van der Waals surface area contributed by atoms with Gasteiger partial charge in [0.1, 0.15) is 0 Å². The van der Waals surface area contributed by atoms with Crippen LogP contribution in [0.15, 0.2) is 36.9 Å². The number of hydrogen-bond acceptors (Lipinski definition) is 1. The molecule has 1 heteroatoms. The van der Waals surface area contributed by atoms with Crippen molar-refractivity contribution in [2.75, 3.05) is 5.32 Å². The Morgan fingerprint density at radius 3 is 2.53 bits per heavy atom. The molecule has 0 saturated heterocycles. The summed E-state index contributed by atoms with van der Waals surface area (Å²) in [5.41, 5.74) is 2.99. The third kappa shape index (κ3) is 3.40. The molecule has 0 atom stereocenters. The van der Waals surface area contributed by atoms with Crippen molar-refractivity contribution in [2.45, 2.75) is 63.8 Å². The fraction of sp³-hybridized carbons (Fsp3) is 0.556. The van der Waals surface area contributed by atoms with Crippen LogP contribution in [0.5, 0.6) is 0 Å². The largest absolute Gasteiger partial charge is 0.379 e. The van der Waals surface area contributed by atoms with Gasteiger partial charge >= 0.3 is 0 Å². The van der Waals surface area contributed by atoms with E-state index < -0.39 is 0 Å². The van der Waals surface area contributed by atoms with Gasteiger partial charge in [0, 0.05) is 11.2 Å². The molecule has 1 fully saturated rings. The molecule has 1 N–H and O–H groups in total. The van der Waals surface area contributed by atoms with Gasteiger partial charge < -0.3 is 5.32 Å². The fourth-order valence-electron chi connectivity index (χ4n) is 3.28. The molecule has 104 valence electrons. The van der Waals surface area contributed by atoms with Crippen molar-refractivity contribution in [3.63, 3.8) is 0 Å². The molecular formula is C18H27N. The lowest BCUT2D eigenvalue weighted by Gasteiger charge is -2.39. The molecule has 1 nitrogen and oxygen atoms in total. The summed E-state index contributed by atoms with van der Waals surface area (Å²) in [6.07, 6.45) is 9.74. The summed E-state index contributed by atoms with van der Waals surface area (Å²) >= 11 is 0. The van der Waals surface area contributed by atoms with Crippen molar-refractivity contribution in [2.24, 2.45) is 0 Å². The molecule has 0 spiro atoms. The average Bonchev–Trinajstić information content (AvgIpc) is 2.40. The average molecular weight is 257 g/mol. The summed E-state index contributed by atoms with van der Waals surface area (Å²) in [6.45, 7) is 8.49. The maximum atomic E-state index is 3.96. The van der Waals surface area contributed by atoms with E-state index in [0.29, 0.717) is 5.92 Å². The Morgan fingerprint density at radius 2 is 1.89 bits per heavy atom. The second-order valence-electron chi connectivity index (χ2n) is 6.20. The Balaban J connectivity index is 2.23. The molecule has 2 rings (SSSR count). The highest BCUT2D eigenvalue weighted by Crippen LogP contribution is 2.36. The van der Waals surface area contributed by atoms with Gasteiger partial charge in [0.2, 0.25) is 0 Å². The molecule has 1 aromatic carbocycles. The monoisotopic (exact) mass is 257 g/mol. The zero-order valence-corrected chi connectivity index (χ0v) is 12.4. The topological polar surface area (TPSA) is 12.0 Å². The van der Waals surface area contributed by atoms with E-state index in [1.54, 1.807) is 0 Å². The van der Waals surface area contributed by atoms with E-state index in [1.807, 2.05) is 0 Å². The molecule has 1 aromatic rings. The summed E-state index contributed by atoms with van der Waals surface area (Å²) in [7, 11) is 0. The first-order chi connectivity index (χ1) is 9.17. The molecular weight excluding hydrogens is 230 g/mol. The first-order valence-electron chi connectivity index (χ1n) is 7.65. The number of anilines is 1. The van der Waals surface area contributed by atoms with Crippen molar-refractivity contribution in [1.82, 2.24) is 0 Å². The summed E-state index contributed by atoms with van der Waals surface area (Å²) in [6, 6.07) is 8.76. The van der Waals surface area contributed by atoms with Gasteiger partial charge in [0.15, 0.2) is 0 Å². The van der Waals surface area contributed by atoms with Crippen molar-refractivity contribution < 1.29 is 0 Å². The van der Waals surface area contributed by atoms with Crippen molar-refractivity contribution in [3.05, 3.63) is 42.5 Å². The number of benzene rings is 1. The summed E-state index contributed by atoms with van der Waals surface area (Å²) in [5, 5.41) is 3.87. The highest BCUT2D eigenvalue weighted by atomic mass is 15.0. The van der Waals surface area contributed by atoms with E-state index >= 15 is 0 Å². The van der Waals surface area contributed by atoms with Gasteiger partial charge in [-0.1, -0.05) is 57.4 Å². The fourth-order valence-corrected chi connectivity index (χ4v) is 3.28. The molecule has 0 amide bonds. The van der Waals surface area contributed by atoms with Gasteiger partial charge in [-0.15, -0.1) is 6.58 Å². The minimum absolute atomic E-state index is 0.241. The standard InChI is InChI=1S/C18H27N/c1-4-12-18(13-8-5-9-14-18)19-17-11-7-6-10-16(17)15(2)3/h4,6-7,10-11,15,19H,1,5,8-9,12-14H2,2-3H3. The van der Waals surface area contributed by atoms with Crippen molar-refractivity contribution in [1.29, 1.82) is 0 Å². The lowest BCUT2D eigenvalue weighted by atomic mass is 9.79. The smallest absolute Gasteiger partial charge is 0.0408 e. The second kappa shape index (κ2) is 6.27. The summed E-state index contributed by atoms with van der Waals surface area (Å²) in [4.78, 5) is 0. The molecule has 0 aromatic heterocycles. The molecule has 0 aliphatic heterocycles. The summed E-state index contributed by atoms with van der Waals surface area (Å²) in [5.74, 6) is 0.563. The highest BCUT2D eigenvalue weighted by Gasteiger charge is 2.31. The predicted molar refractivity (Wildman–Crippen MR) is 84.8 cm³/mol. The van der Waals surface area contributed by atoms with E-state index in [4.69, 9.17) is 0 Å². The van der Waals surface area contributed by atoms with Crippen LogP contribution in [0.3, 0.4) is 0 Å². The van der Waals surface area contributed by atoms with Gasteiger partial charge in [-0.2, -0.15) is 0 Å². The van der Waals surface area contributed by atoms with E-state index in [2.05, 4.69) is 56.1 Å². The number of rotatable bonds is 5. The van der Waals surface area contributed by atoms with E-state index in [0.717, 1.165) is 6.42 Å². The van der Waals surface area contributed by atoms with Crippen LogP contribution >= 0.6 is 0 Å². The minimum atomic E-state index is 0.241. The highest BCUT2D eigenvalue weighted by molar-refractivity contribution is 5.54. The molecule has 1 aliphatic rings. The van der Waals surface area contributed by atoms with Crippen LogP contribution in [-0.4, -0.2) is 5.54 Å². The van der Waals surface area contributed by atoms with Gasteiger partial charge in [-0.05, 0) is 36.8 Å². The molecule has 1 saturated carbocycles. The van der Waals surface area contributed by atoms with E-state index in [9.17, 15) is 0 Å². The number of hydrogen-bond donors (Lipinski definition) is 1. The Labute approximate surface area is 118 Å². The van der Waals surface area contributed by atoms with Gasteiger partial charge in [-0.25, -0.2) is 0 Å².